The number of fused-ring (bicyclic) bond motifs is 5. The molecule has 9 atom stereocenters. The third-order valence-electron chi connectivity index (χ3n) is 12.1. The van der Waals surface area contributed by atoms with Gasteiger partial charge in [-0.3, -0.25) is 9.59 Å². The largest absolute Gasteiger partial charge is 0.481 e. The lowest BCUT2D eigenvalue weighted by atomic mass is 9.42. The number of ketones is 1. The Hall–Kier alpha value is -0.900. The van der Waals surface area contributed by atoms with E-state index in [0.29, 0.717) is 47.7 Å². The number of carboxylic acids is 1. The molecule has 0 radical (unpaired) electrons. The zero-order valence-corrected chi connectivity index (χ0v) is 20.9. The van der Waals surface area contributed by atoms with Crippen molar-refractivity contribution in [3.8, 4) is 0 Å². The Labute approximate surface area is 200 Å². The fourth-order valence-corrected chi connectivity index (χ4v) is 10.2. The van der Waals surface area contributed by atoms with Crippen LogP contribution in [0.25, 0.3) is 0 Å². The molecule has 2 N–H and O–H groups in total. The van der Waals surface area contributed by atoms with Crippen LogP contribution in [0.3, 0.4) is 0 Å². The average Bonchev–Trinajstić information content (AvgIpc) is 3.09. The van der Waals surface area contributed by atoms with Gasteiger partial charge in [-0.05, 0) is 97.2 Å². The number of hydrogen-bond acceptors (Lipinski definition) is 3. The van der Waals surface area contributed by atoms with Gasteiger partial charge >= 0.3 is 5.97 Å². The first-order chi connectivity index (χ1) is 15.7. The van der Waals surface area contributed by atoms with E-state index in [0.717, 1.165) is 38.5 Å². The number of carbonyl (C=O) groups excluding carboxylic acids is 1. The molecule has 0 saturated heterocycles. The third kappa shape index (κ3) is 4.00. The summed E-state index contributed by atoms with van der Waals surface area (Å²) in [5.41, 5.74) is 0.232. The van der Waals surface area contributed by atoms with Crippen LogP contribution in [0.4, 0.5) is 0 Å². The number of aliphatic hydroxyl groups is 1. The van der Waals surface area contributed by atoms with Crippen molar-refractivity contribution in [2.24, 2.45) is 52.3 Å². The smallest absolute Gasteiger partial charge is 0.303 e. The Morgan fingerprint density at radius 1 is 0.970 bits per heavy atom. The number of hydrogen-bond donors (Lipinski definition) is 2. The highest BCUT2D eigenvalue weighted by Crippen LogP contribution is 2.67. The second-order valence-electron chi connectivity index (χ2n) is 13.3. The molecule has 0 spiro atoms. The molecular formula is C29H46O4. The molecule has 0 aromatic heterocycles. The molecule has 5 aliphatic rings. The maximum atomic E-state index is 12.9. The van der Waals surface area contributed by atoms with E-state index in [-0.39, 0.29) is 29.3 Å². The highest BCUT2D eigenvalue weighted by Gasteiger charge is 2.62. The highest BCUT2D eigenvalue weighted by atomic mass is 16.4. The number of Topliss-reactive ketones (excluding diaryl/α,β-unsaturated/α-hetero) is 1. The zero-order valence-electron chi connectivity index (χ0n) is 20.9. The summed E-state index contributed by atoms with van der Waals surface area (Å²) in [5.74, 6) is 3.23. The van der Waals surface area contributed by atoms with Crippen molar-refractivity contribution in [3.05, 3.63) is 0 Å². The van der Waals surface area contributed by atoms with Crippen molar-refractivity contribution in [3.63, 3.8) is 0 Å². The van der Waals surface area contributed by atoms with Crippen molar-refractivity contribution in [2.45, 2.75) is 116 Å². The zero-order chi connectivity index (χ0) is 23.4. The molecule has 0 aromatic carbocycles. The number of carboxylic acid groups (broad SMARTS) is 1. The molecule has 5 rings (SSSR count). The maximum absolute atomic E-state index is 12.9. The molecule has 5 saturated carbocycles. The molecule has 0 heterocycles. The standard InChI is InChI=1S/C29H46O4/c1-28-13-12-25-23(24(28)10-11-26(28)31)9-8-20-16-22(30)17-21(29(20,25)2)14-19(15-27(32)33)18-6-4-3-5-7-18/h18-21,23-26,31H,3-17H2,1-2H3,(H,32,33)/t19?,20?,21?,23-,24-,25-,26-,28-,29+/m0/s1. The predicted octanol–water partition coefficient (Wildman–Crippen LogP) is 6.25. The first-order valence-electron chi connectivity index (χ1n) is 14.1. The summed E-state index contributed by atoms with van der Waals surface area (Å²) < 4.78 is 0. The van der Waals surface area contributed by atoms with Gasteiger partial charge in [-0.25, -0.2) is 0 Å². The summed E-state index contributed by atoms with van der Waals surface area (Å²) in [6.07, 6.45) is 15.3. The first-order valence-corrected chi connectivity index (χ1v) is 14.1. The molecule has 186 valence electrons. The van der Waals surface area contributed by atoms with E-state index in [1.165, 1.54) is 44.9 Å². The number of aliphatic carboxylic acids is 1. The van der Waals surface area contributed by atoms with Gasteiger partial charge in [0.2, 0.25) is 0 Å². The minimum Gasteiger partial charge on any atom is -0.481 e. The molecule has 5 fully saturated rings. The lowest BCUT2D eigenvalue weighted by Gasteiger charge is -2.62. The molecule has 4 nitrogen and oxygen atoms in total. The highest BCUT2D eigenvalue weighted by molar-refractivity contribution is 5.80. The summed E-state index contributed by atoms with van der Waals surface area (Å²) in [6, 6.07) is 0. The monoisotopic (exact) mass is 458 g/mol. The fourth-order valence-electron chi connectivity index (χ4n) is 10.2. The molecule has 0 bridgehead atoms. The van der Waals surface area contributed by atoms with Gasteiger partial charge in [-0.2, -0.15) is 0 Å². The van der Waals surface area contributed by atoms with Gasteiger partial charge in [0.25, 0.3) is 0 Å². The Morgan fingerprint density at radius 3 is 2.45 bits per heavy atom. The van der Waals surface area contributed by atoms with Crippen molar-refractivity contribution in [1.29, 1.82) is 0 Å². The van der Waals surface area contributed by atoms with Gasteiger partial charge in [-0.15, -0.1) is 0 Å². The quantitative estimate of drug-likeness (QED) is 0.511. The average molecular weight is 459 g/mol. The third-order valence-corrected chi connectivity index (χ3v) is 12.1. The van der Waals surface area contributed by atoms with Gasteiger partial charge < -0.3 is 10.2 Å². The minimum atomic E-state index is -0.663. The Kier molecular flexibility index (Phi) is 6.46. The molecule has 33 heavy (non-hydrogen) atoms. The summed E-state index contributed by atoms with van der Waals surface area (Å²) in [4.78, 5) is 24.8. The second-order valence-corrected chi connectivity index (χ2v) is 13.3. The fraction of sp³-hybridized carbons (Fsp3) is 0.931. The Bertz CT molecular complexity index is 757. The Balaban J connectivity index is 1.43. The molecule has 0 aliphatic heterocycles. The minimum absolute atomic E-state index is 0.0816. The SMILES string of the molecule is C[C@]12C(CC[C@@H]3[C@@H]1CC[C@]1(C)[C@@H](O)CC[C@@H]31)CC(=O)CC2CC(CC(=O)O)C1CCCCC1. The summed E-state index contributed by atoms with van der Waals surface area (Å²) in [6.45, 7) is 4.85. The van der Waals surface area contributed by atoms with Gasteiger partial charge in [0.15, 0.2) is 0 Å². The maximum Gasteiger partial charge on any atom is 0.303 e. The van der Waals surface area contributed by atoms with Crippen molar-refractivity contribution in [1.82, 2.24) is 0 Å². The van der Waals surface area contributed by atoms with Crippen LogP contribution in [-0.4, -0.2) is 28.1 Å². The van der Waals surface area contributed by atoms with E-state index in [1.54, 1.807) is 0 Å². The lowest BCUT2D eigenvalue weighted by Crippen LogP contribution is -2.57. The second kappa shape index (κ2) is 8.95. The van der Waals surface area contributed by atoms with Crippen LogP contribution in [0.1, 0.15) is 110 Å². The number of carbonyl (C=O) groups is 2. The summed E-state index contributed by atoms with van der Waals surface area (Å²) in [7, 11) is 0. The number of aliphatic hydroxyl groups excluding tert-OH is 1. The predicted molar refractivity (Wildman–Crippen MR) is 129 cm³/mol. The molecule has 4 heteroatoms. The van der Waals surface area contributed by atoms with Gasteiger partial charge in [0, 0.05) is 19.3 Å². The van der Waals surface area contributed by atoms with E-state index in [4.69, 9.17) is 0 Å². The molecular weight excluding hydrogens is 412 g/mol. The van der Waals surface area contributed by atoms with E-state index in [1.807, 2.05) is 0 Å². The van der Waals surface area contributed by atoms with Gasteiger partial charge in [0.05, 0.1) is 6.10 Å². The normalized spacial score (nSPS) is 46.8. The first kappa shape index (κ1) is 23.8. The van der Waals surface area contributed by atoms with Crippen LogP contribution in [0.5, 0.6) is 0 Å². The topological polar surface area (TPSA) is 74.6 Å². The summed E-state index contributed by atoms with van der Waals surface area (Å²) >= 11 is 0. The van der Waals surface area contributed by atoms with Crippen LogP contribution in [0.2, 0.25) is 0 Å². The van der Waals surface area contributed by atoms with Crippen LogP contribution < -0.4 is 0 Å². The van der Waals surface area contributed by atoms with Crippen LogP contribution in [0, 0.1) is 52.3 Å². The van der Waals surface area contributed by atoms with Gasteiger partial charge in [0.1, 0.15) is 5.78 Å². The van der Waals surface area contributed by atoms with Crippen molar-refractivity contribution in [2.75, 3.05) is 0 Å². The van der Waals surface area contributed by atoms with E-state index in [2.05, 4.69) is 13.8 Å². The van der Waals surface area contributed by atoms with E-state index >= 15 is 0 Å². The molecule has 5 aliphatic carbocycles. The van der Waals surface area contributed by atoms with E-state index < -0.39 is 5.97 Å². The molecule has 3 unspecified atom stereocenters. The lowest BCUT2D eigenvalue weighted by molar-refractivity contribution is -0.160. The Morgan fingerprint density at radius 2 is 1.73 bits per heavy atom. The van der Waals surface area contributed by atoms with Crippen molar-refractivity contribution < 1.29 is 19.8 Å². The molecule has 0 amide bonds. The van der Waals surface area contributed by atoms with Crippen LogP contribution >= 0.6 is 0 Å². The summed E-state index contributed by atoms with van der Waals surface area (Å²) in [5, 5.41) is 20.5. The van der Waals surface area contributed by atoms with Gasteiger partial charge in [-0.1, -0.05) is 46.0 Å². The van der Waals surface area contributed by atoms with E-state index in [9.17, 15) is 19.8 Å². The van der Waals surface area contributed by atoms with Crippen molar-refractivity contribution >= 4 is 11.8 Å². The van der Waals surface area contributed by atoms with Crippen LogP contribution in [-0.2, 0) is 9.59 Å². The number of rotatable bonds is 5. The molecule has 0 aromatic rings. The van der Waals surface area contributed by atoms with Crippen LogP contribution in [0.15, 0.2) is 0 Å².